The van der Waals surface area contributed by atoms with Gasteiger partial charge in [-0.3, -0.25) is 4.79 Å². The number of aromatic nitrogens is 3. The lowest BCUT2D eigenvalue weighted by Crippen LogP contribution is -2.26. The zero-order valence-corrected chi connectivity index (χ0v) is 14.9. The predicted molar refractivity (Wildman–Crippen MR) is 97.8 cm³/mol. The van der Waals surface area contributed by atoms with Crippen LogP contribution < -0.4 is 10.6 Å². The topological polar surface area (TPSA) is 71.8 Å². The van der Waals surface area contributed by atoms with E-state index in [1.807, 2.05) is 45.2 Å². The molecule has 0 aliphatic rings. The van der Waals surface area contributed by atoms with E-state index in [2.05, 4.69) is 25.2 Å². The second kappa shape index (κ2) is 7.00. The Morgan fingerprint density at radius 2 is 2.08 bits per heavy atom. The number of imidazole rings is 1. The Hall–Kier alpha value is -2.41. The minimum Gasteiger partial charge on any atom is -0.362 e. The lowest BCUT2D eigenvalue weighted by molar-refractivity contribution is 0.0957. The van der Waals surface area contributed by atoms with E-state index in [-0.39, 0.29) is 5.91 Å². The fourth-order valence-corrected chi connectivity index (χ4v) is 3.57. The minimum atomic E-state index is -0.0760. The second-order valence-electron chi connectivity index (χ2n) is 5.55. The number of aryl methyl sites for hydroxylation is 2. The molecule has 1 amide bonds. The third-order valence-corrected chi connectivity index (χ3v) is 4.96. The van der Waals surface area contributed by atoms with Crippen molar-refractivity contribution in [3.05, 3.63) is 40.7 Å². The number of hydrogen-bond donors (Lipinski definition) is 2. The SMILES string of the molecule is CCNc1nc(C)c(C(=O)NCCc2nc3ccccc3n2C)s1. The van der Waals surface area contributed by atoms with Gasteiger partial charge in [-0.25, -0.2) is 9.97 Å². The summed E-state index contributed by atoms with van der Waals surface area (Å²) in [6.07, 6.45) is 0.689. The zero-order chi connectivity index (χ0) is 17.1. The molecule has 0 aliphatic heterocycles. The van der Waals surface area contributed by atoms with Crippen molar-refractivity contribution in [1.82, 2.24) is 19.9 Å². The summed E-state index contributed by atoms with van der Waals surface area (Å²) in [6.45, 7) is 5.20. The number of carbonyl (C=O) groups is 1. The van der Waals surface area contributed by atoms with Gasteiger partial charge in [0.15, 0.2) is 5.13 Å². The number of nitrogens with one attached hydrogen (secondary N) is 2. The van der Waals surface area contributed by atoms with E-state index in [9.17, 15) is 4.79 Å². The maximum absolute atomic E-state index is 12.3. The number of carbonyl (C=O) groups excluding carboxylic acids is 1. The number of fused-ring (bicyclic) bond motifs is 1. The first-order chi connectivity index (χ1) is 11.6. The Balaban J connectivity index is 1.63. The minimum absolute atomic E-state index is 0.0760. The molecular weight excluding hydrogens is 322 g/mol. The second-order valence-corrected chi connectivity index (χ2v) is 6.54. The summed E-state index contributed by atoms with van der Waals surface area (Å²) in [6, 6.07) is 8.03. The van der Waals surface area contributed by atoms with Gasteiger partial charge in [-0.2, -0.15) is 0 Å². The number of nitrogens with zero attached hydrogens (tertiary/aromatic N) is 3. The fraction of sp³-hybridized carbons (Fsp3) is 0.353. The van der Waals surface area contributed by atoms with E-state index in [1.54, 1.807) is 0 Å². The van der Waals surface area contributed by atoms with Gasteiger partial charge in [0.25, 0.3) is 5.91 Å². The van der Waals surface area contributed by atoms with E-state index >= 15 is 0 Å². The lowest BCUT2D eigenvalue weighted by Gasteiger charge is -2.05. The molecule has 0 radical (unpaired) electrons. The third kappa shape index (κ3) is 3.26. The molecule has 2 N–H and O–H groups in total. The molecule has 0 aliphatic carbocycles. The van der Waals surface area contributed by atoms with Crippen molar-refractivity contribution in [1.29, 1.82) is 0 Å². The molecule has 2 aromatic heterocycles. The average Bonchev–Trinajstić information content (AvgIpc) is 3.09. The quantitative estimate of drug-likeness (QED) is 0.722. The van der Waals surface area contributed by atoms with Crippen molar-refractivity contribution < 1.29 is 4.79 Å². The maximum Gasteiger partial charge on any atom is 0.263 e. The van der Waals surface area contributed by atoms with Crippen molar-refractivity contribution >= 4 is 33.4 Å². The monoisotopic (exact) mass is 343 g/mol. The number of anilines is 1. The molecule has 24 heavy (non-hydrogen) atoms. The van der Waals surface area contributed by atoms with E-state index in [0.717, 1.165) is 34.2 Å². The van der Waals surface area contributed by atoms with Crippen molar-refractivity contribution in [3.8, 4) is 0 Å². The maximum atomic E-state index is 12.3. The van der Waals surface area contributed by atoms with Gasteiger partial charge in [-0.15, -0.1) is 0 Å². The average molecular weight is 343 g/mol. The largest absolute Gasteiger partial charge is 0.362 e. The van der Waals surface area contributed by atoms with Crippen molar-refractivity contribution in [2.75, 3.05) is 18.4 Å². The Bertz CT molecular complexity index is 867. The molecular formula is C17H21N5OS. The van der Waals surface area contributed by atoms with Crippen molar-refractivity contribution in [2.45, 2.75) is 20.3 Å². The summed E-state index contributed by atoms with van der Waals surface area (Å²) < 4.78 is 2.07. The number of amides is 1. The van der Waals surface area contributed by atoms with Crippen molar-refractivity contribution in [2.24, 2.45) is 7.05 Å². The highest BCUT2D eigenvalue weighted by molar-refractivity contribution is 7.17. The molecule has 0 unspecified atom stereocenters. The molecule has 0 fully saturated rings. The van der Waals surface area contributed by atoms with Crippen LogP contribution >= 0.6 is 11.3 Å². The highest BCUT2D eigenvalue weighted by Crippen LogP contribution is 2.22. The Morgan fingerprint density at radius 3 is 2.83 bits per heavy atom. The van der Waals surface area contributed by atoms with Crippen LogP contribution in [0.15, 0.2) is 24.3 Å². The van der Waals surface area contributed by atoms with Crippen LogP contribution in [0.1, 0.15) is 28.1 Å². The van der Waals surface area contributed by atoms with Gasteiger partial charge in [-0.05, 0) is 26.0 Å². The summed E-state index contributed by atoms with van der Waals surface area (Å²) in [5, 5.41) is 6.90. The number of benzene rings is 1. The molecule has 3 aromatic rings. The van der Waals surface area contributed by atoms with Gasteiger partial charge in [0.05, 0.1) is 16.7 Å². The molecule has 0 spiro atoms. The molecule has 126 valence electrons. The van der Waals surface area contributed by atoms with Crippen molar-refractivity contribution in [3.63, 3.8) is 0 Å². The van der Waals surface area contributed by atoms with Crippen LogP contribution in [0, 0.1) is 6.92 Å². The first-order valence-electron chi connectivity index (χ1n) is 8.00. The summed E-state index contributed by atoms with van der Waals surface area (Å²) in [5.41, 5.74) is 2.85. The van der Waals surface area contributed by atoms with E-state index < -0.39 is 0 Å². The molecule has 0 bridgehead atoms. The number of thiazole rings is 1. The zero-order valence-electron chi connectivity index (χ0n) is 14.1. The first-order valence-corrected chi connectivity index (χ1v) is 8.81. The standard InChI is InChI=1S/C17H21N5OS/c1-4-18-17-20-11(2)15(24-17)16(23)19-10-9-14-21-12-7-5-6-8-13(12)22(14)3/h5-8H,4,9-10H2,1-3H3,(H,18,20)(H,19,23). The molecule has 0 atom stereocenters. The summed E-state index contributed by atoms with van der Waals surface area (Å²) in [5.74, 6) is 0.888. The van der Waals surface area contributed by atoms with E-state index in [1.165, 1.54) is 11.3 Å². The van der Waals surface area contributed by atoms with E-state index in [0.29, 0.717) is 17.8 Å². The Kier molecular flexibility index (Phi) is 4.80. The van der Waals surface area contributed by atoms with Gasteiger partial charge >= 0.3 is 0 Å². The van der Waals surface area contributed by atoms with Gasteiger partial charge < -0.3 is 15.2 Å². The van der Waals surface area contributed by atoms with Gasteiger partial charge in [-0.1, -0.05) is 23.5 Å². The third-order valence-electron chi connectivity index (χ3n) is 3.84. The normalized spacial score (nSPS) is 11.0. The summed E-state index contributed by atoms with van der Waals surface area (Å²) in [4.78, 5) is 22.0. The molecule has 1 aromatic carbocycles. The predicted octanol–water partition coefficient (Wildman–Crippen LogP) is 2.74. The number of rotatable bonds is 6. The molecule has 3 rings (SSSR count). The number of hydrogen-bond acceptors (Lipinski definition) is 5. The summed E-state index contributed by atoms with van der Waals surface area (Å²) in [7, 11) is 2.00. The van der Waals surface area contributed by atoms with Crippen LogP contribution in [0.3, 0.4) is 0 Å². The first kappa shape index (κ1) is 16.4. The highest BCUT2D eigenvalue weighted by atomic mass is 32.1. The van der Waals surface area contributed by atoms with Crippen LogP contribution in [0.2, 0.25) is 0 Å². The lowest BCUT2D eigenvalue weighted by atomic mass is 10.3. The van der Waals surface area contributed by atoms with Crippen LogP contribution in [0.25, 0.3) is 11.0 Å². The Labute approximate surface area is 144 Å². The van der Waals surface area contributed by atoms with Crippen LogP contribution in [0.4, 0.5) is 5.13 Å². The van der Waals surface area contributed by atoms with E-state index in [4.69, 9.17) is 0 Å². The summed E-state index contributed by atoms with van der Waals surface area (Å²) >= 11 is 1.39. The Morgan fingerprint density at radius 1 is 1.29 bits per heavy atom. The highest BCUT2D eigenvalue weighted by Gasteiger charge is 2.15. The molecule has 0 saturated heterocycles. The van der Waals surface area contributed by atoms with Gasteiger partial charge in [0, 0.05) is 26.6 Å². The molecule has 7 heteroatoms. The fourth-order valence-electron chi connectivity index (χ4n) is 2.62. The van der Waals surface area contributed by atoms with Crippen LogP contribution in [-0.2, 0) is 13.5 Å². The van der Waals surface area contributed by atoms with Gasteiger partial charge in [0.1, 0.15) is 10.7 Å². The smallest absolute Gasteiger partial charge is 0.263 e. The molecule has 0 saturated carbocycles. The molecule has 6 nitrogen and oxygen atoms in total. The van der Waals surface area contributed by atoms with Crippen LogP contribution in [0.5, 0.6) is 0 Å². The van der Waals surface area contributed by atoms with Crippen LogP contribution in [-0.4, -0.2) is 33.5 Å². The molecule has 2 heterocycles. The number of para-hydroxylation sites is 2. The van der Waals surface area contributed by atoms with Gasteiger partial charge in [0.2, 0.25) is 0 Å².